The molecule has 0 saturated carbocycles. The van der Waals surface area contributed by atoms with E-state index in [0.717, 1.165) is 13.2 Å². The van der Waals surface area contributed by atoms with Crippen molar-refractivity contribution >= 4 is 11.3 Å². The second kappa shape index (κ2) is 4.44. The molecular weight excluding hydrogens is 194 g/mol. The van der Waals surface area contributed by atoms with Gasteiger partial charge >= 0.3 is 0 Å². The van der Waals surface area contributed by atoms with E-state index in [0.29, 0.717) is 0 Å². The van der Waals surface area contributed by atoms with Crippen LogP contribution in [-0.2, 0) is 11.3 Å². The number of ether oxygens (including phenoxy) is 1. The van der Waals surface area contributed by atoms with E-state index in [-0.39, 0.29) is 0 Å². The Bertz CT molecular complexity index is 378. The molecule has 0 aliphatic carbocycles. The highest BCUT2D eigenvalue weighted by molar-refractivity contribution is 7.08. The first-order chi connectivity index (χ1) is 6.90. The molecule has 3 heteroatoms. The predicted octanol–water partition coefficient (Wildman–Crippen LogP) is 2.86. The Morgan fingerprint density at radius 2 is 2.29 bits per heavy atom. The van der Waals surface area contributed by atoms with Crippen molar-refractivity contribution in [3.63, 3.8) is 0 Å². The number of nitrogens with zero attached hydrogens (tertiary/aromatic N) is 1. The van der Waals surface area contributed by atoms with E-state index in [1.165, 1.54) is 11.1 Å². The highest BCUT2D eigenvalue weighted by Crippen LogP contribution is 2.21. The van der Waals surface area contributed by atoms with Crippen LogP contribution in [0.5, 0.6) is 0 Å². The molecule has 0 fully saturated rings. The first-order valence-corrected chi connectivity index (χ1v) is 5.52. The van der Waals surface area contributed by atoms with Crippen LogP contribution in [0, 0.1) is 0 Å². The molecule has 0 unspecified atom stereocenters. The summed E-state index contributed by atoms with van der Waals surface area (Å²) in [5, 5.41) is 4.26. The lowest BCUT2D eigenvalue weighted by Crippen LogP contribution is -2.00. The van der Waals surface area contributed by atoms with E-state index in [1.807, 2.05) is 0 Å². The monoisotopic (exact) mass is 207 g/mol. The maximum atomic E-state index is 5.03. The van der Waals surface area contributed by atoms with Crippen molar-refractivity contribution < 1.29 is 4.74 Å². The summed E-state index contributed by atoms with van der Waals surface area (Å²) in [6, 6.07) is 4.28. The first-order valence-electron chi connectivity index (χ1n) is 4.57. The quantitative estimate of drug-likeness (QED) is 0.752. The molecule has 2 nitrogen and oxygen atoms in total. The zero-order valence-electron chi connectivity index (χ0n) is 8.14. The third-order valence-electron chi connectivity index (χ3n) is 2.16. The lowest BCUT2D eigenvalue weighted by atomic mass is 10.2. The van der Waals surface area contributed by atoms with Gasteiger partial charge in [-0.2, -0.15) is 11.3 Å². The van der Waals surface area contributed by atoms with Crippen LogP contribution < -0.4 is 0 Å². The van der Waals surface area contributed by atoms with Crippen LogP contribution in [0.15, 0.2) is 35.3 Å². The molecule has 0 aromatic carbocycles. The van der Waals surface area contributed by atoms with E-state index in [2.05, 4.69) is 39.9 Å². The molecular formula is C11H13NOS. The molecule has 2 heterocycles. The Kier molecular flexibility index (Phi) is 3.01. The van der Waals surface area contributed by atoms with Crippen molar-refractivity contribution in [1.29, 1.82) is 0 Å². The summed E-state index contributed by atoms with van der Waals surface area (Å²) in [5.74, 6) is 0. The zero-order valence-corrected chi connectivity index (χ0v) is 8.96. The molecule has 0 aliphatic rings. The van der Waals surface area contributed by atoms with Crippen LogP contribution in [0.2, 0.25) is 0 Å². The molecule has 14 heavy (non-hydrogen) atoms. The highest BCUT2D eigenvalue weighted by Gasteiger charge is 1.99. The Morgan fingerprint density at radius 1 is 1.36 bits per heavy atom. The van der Waals surface area contributed by atoms with Crippen molar-refractivity contribution in [3.05, 3.63) is 35.3 Å². The van der Waals surface area contributed by atoms with Gasteiger partial charge in [0.1, 0.15) is 0 Å². The Morgan fingerprint density at radius 3 is 3.00 bits per heavy atom. The van der Waals surface area contributed by atoms with Gasteiger partial charge in [0.15, 0.2) is 0 Å². The predicted molar refractivity (Wildman–Crippen MR) is 59.6 cm³/mol. The normalized spacial score (nSPS) is 10.6. The third-order valence-corrected chi connectivity index (χ3v) is 2.84. The van der Waals surface area contributed by atoms with Gasteiger partial charge in [0, 0.05) is 31.6 Å². The van der Waals surface area contributed by atoms with Crippen molar-refractivity contribution in [2.24, 2.45) is 0 Å². The van der Waals surface area contributed by atoms with Gasteiger partial charge in [-0.3, -0.25) is 0 Å². The fourth-order valence-electron chi connectivity index (χ4n) is 1.38. The van der Waals surface area contributed by atoms with Gasteiger partial charge in [0.25, 0.3) is 0 Å². The van der Waals surface area contributed by atoms with E-state index in [9.17, 15) is 0 Å². The van der Waals surface area contributed by atoms with E-state index in [1.54, 1.807) is 18.4 Å². The van der Waals surface area contributed by atoms with Crippen LogP contribution in [0.3, 0.4) is 0 Å². The minimum absolute atomic E-state index is 0.762. The molecule has 2 aromatic rings. The Labute approximate surface area is 87.8 Å². The van der Waals surface area contributed by atoms with Gasteiger partial charge in [-0.1, -0.05) is 0 Å². The molecule has 2 aromatic heterocycles. The molecule has 2 rings (SSSR count). The summed E-state index contributed by atoms with van der Waals surface area (Å²) in [4.78, 5) is 0. The summed E-state index contributed by atoms with van der Waals surface area (Å²) < 4.78 is 7.18. The number of thiophene rings is 1. The molecule has 74 valence electrons. The van der Waals surface area contributed by atoms with Crippen LogP contribution in [0.25, 0.3) is 11.1 Å². The minimum atomic E-state index is 0.762. The molecule has 0 aliphatic heterocycles. The summed E-state index contributed by atoms with van der Waals surface area (Å²) in [7, 11) is 1.73. The van der Waals surface area contributed by atoms with Gasteiger partial charge in [-0.15, -0.1) is 0 Å². The number of rotatable bonds is 4. The minimum Gasteiger partial charge on any atom is -0.383 e. The molecule has 0 amide bonds. The van der Waals surface area contributed by atoms with E-state index >= 15 is 0 Å². The zero-order chi connectivity index (χ0) is 9.80. The fourth-order valence-corrected chi connectivity index (χ4v) is 2.04. The molecule has 0 atom stereocenters. The van der Waals surface area contributed by atoms with Gasteiger partial charge in [0.2, 0.25) is 0 Å². The standard InChI is InChI=1S/C11H13NOS/c1-13-6-5-12-4-2-10(8-12)11-3-7-14-9-11/h2-4,7-9H,5-6H2,1H3. The third kappa shape index (κ3) is 2.05. The highest BCUT2D eigenvalue weighted by atomic mass is 32.1. The number of aromatic nitrogens is 1. The number of methoxy groups -OCH3 is 1. The second-order valence-corrected chi connectivity index (χ2v) is 3.92. The van der Waals surface area contributed by atoms with Crippen molar-refractivity contribution in [1.82, 2.24) is 4.57 Å². The van der Waals surface area contributed by atoms with Gasteiger partial charge in [-0.25, -0.2) is 0 Å². The van der Waals surface area contributed by atoms with Crippen LogP contribution in [-0.4, -0.2) is 18.3 Å². The van der Waals surface area contributed by atoms with Crippen LogP contribution in [0.1, 0.15) is 0 Å². The SMILES string of the molecule is COCCn1ccc(-c2ccsc2)c1. The van der Waals surface area contributed by atoms with Gasteiger partial charge in [0.05, 0.1) is 6.61 Å². The Hall–Kier alpha value is -1.06. The van der Waals surface area contributed by atoms with E-state index in [4.69, 9.17) is 4.74 Å². The first kappa shape index (κ1) is 9.49. The summed E-state index contributed by atoms with van der Waals surface area (Å²) in [6.07, 6.45) is 4.24. The number of hydrogen-bond donors (Lipinski definition) is 0. The largest absolute Gasteiger partial charge is 0.383 e. The molecule has 0 spiro atoms. The fraction of sp³-hybridized carbons (Fsp3) is 0.273. The van der Waals surface area contributed by atoms with Crippen LogP contribution >= 0.6 is 11.3 Å². The van der Waals surface area contributed by atoms with Crippen molar-refractivity contribution in [2.75, 3.05) is 13.7 Å². The number of hydrogen-bond acceptors (Lipinski definition) is 2. The lowest BCUT2D eigenvalue weighted by molar-refractivity contribution is 0.187. The molecule has 0 saturated heterocycles. The smallest absolute Gasteiger partial charge is 0.0641 e. The average Bonchev–Trinajstić information content (AvgIpc) is 2.85. The van der Waals surface area contributed by atoms with Crippen molar-refractivity contribution in [2.45, 2.75) is 6.54 Å². The second-order valence-electron chi connectivity index (χ2n) is 3.14. The lowest BCUT2D eigenvalue weighted by Gasteiger charge is -1.99. The van der Waals surface area contributed by atoms with Gasteiger partial charge < -0.3 is 9.30 Å². The van der Waals surface area contributed by atoms with Gasteiger partial charge in [-0.05, 0) is 28.5 Å². The molecule has 0 bridgehead atoms. The maximum Gasteiger partial charge on any atom is 0.0641 e. The van der Waals surface area contributed by atoms with Crippen molar-refractivity contribution in [3.8, 4) is 11.1 Å². The van der Waals surface area contributed by atoms with E-state index < -0.39 is 0 Å². The molecule has 0 N–H and O–H groups in total. The molecule has 0 radical (unpaired) electrons. The average molecular weight is 207 g/mol. The van der Waals surface area contributed by atoms with Crippen LogP contribution in [0.4, 0.5) is 0 Å². The summed E-state index contributed by atoms with van der Waals surface area (Å²) >= 11 is 1.73. The topological polar surface area (TPSA) is 14.2 Å². The summed E-state index contributed by atoms with van der Waals surface area (Å²) in [6.45, 7) is 1.68. The summed E-state index contributed by atoms with van der Waals surface area (Å²) in [5.41, 5.74) is 2.58. The maximum absolute atomic E-state index is 5.03. The Balaban J connectivity index is 2.10.